The molecule has 0 radical (unpaired) electrons. The van der Waals surface area contributed by atoms with Crippen LogP contribution in [0.25, 0.3) is 34.1 Å². The minimum Gasteiger partial charge on any atom is -0.456 e. The van der Waals surface area contributed by atoms with Crippen molar-refractivity contribution in [2.45, 2.75) is 31.6 Å². The predicted molar refractivity (Wildman–Crippen MR) is 112 cm³/mol. The molecule has 132 valence electrons. The van der Waals surface area contributed by atoms with Crippen LogP contribution in [0.4, 0.5) is 0 Å². The smallest absolute Gasteiger partial charge is 0.135 e. The monoisotopic (exact) mass is 351 g/mol. The first-order valence-corrected chi connectivity index (χ1v) is 9.80. The van der Waals surface area contributed by atoms with E-state index in [2.05, 4.69) is 66.5 Å². The fourth-order valence-electron chi connectivity index (χ4n) is 4.94. The second-order valence-corrected chi connectivity index (χ2v) is 7.81. The number of hydrogen-bond donors (Lipinski definition) is 1. The molecule has 0 saturated carbocycles. The van der Waals surface area contributed by atoms with Crippen molar-refractivity contribution in [3.8, 4) is 0 Å². The van der Waals surface area contributed by atoms with Gasteiger partial charge in [-0.2, -0.15) is 0 Å². The number of H-pyrrole nitrogens is 1. The molecule has 0 amide bonds. The largest absolute Gasteiger partial charge is 0.456 e. The molecule has 2 heteroatoms. The molecule has 2 aromatic carbocycles. The Balaban J connectivity index is 1.49. The molecule has 2 aromatic heterocycles. The number of aryl methyl sites for hydroxylation is 1. The summed E-state index contributed by atoms with van der Waals surface area (Å²) in [7, 11) is 0. The number of hydrogen-bond acceptors (Lipinski definition) is 1. The Morgan fingerprint density at radius 3 is 2.85 bits per heavy atom. The topological polar surface area (TPSA) is 28.9 Å². The second kappa shape index (κ2) is 5.50. The third kappa shape index (κ3) is 2.13. The van der Waals surface area contributed by atoms with Crippen LogP contribution in [0.3, 0.4) is 0 Å². The maximum atomic E-state index is 6.01. The van der Waals surface area contributed by atoms with Crippen molar-refractivity contribution >= 4 is 34.1 Å². The van der Waals surface area contributed by atoms with Gasteiger partial charge in [0.2, 0.25) is 0 Å². The van der Waals surface area contributed by atoms with Gasteiger partial charge in [-0.3, -0.25) is 0 Å². The van der Waals surface area contributed by atoms with Crippen LogP contribution >= 0.6 is 0 Å². The Bertz CT molecular complexity index is 1250. The van der Waals surface area contributed by atoms with Crippen LogP contribution < -0.4 is 0 Å². The first-order valence-electron chi connectivity index (χ1n) is 9.80. The van der Waals surface area contributed by atoms with E-state index in [1.165, 1.54) is 38.9 Å². The van der Waals surface area contributed by atoms with Crippen LogP contribution in [0.5, 0.6) is 0 Å². The van der Waals surface area contributed by atoms with Gasteiger partial charge in [-0.15, -0.1) is 0 Å². The molecular formula is C25H21NO. The quantitative estimate of drug-likeness (QED) is 0.402. The molecule has 4 aromatic rings. The van der Waals surface area contributed by atoms with Gasteiger partial charge in [-0.1, -0.05) is 49.4 Å². The summed E-state index contributed by atoms with van der Waals surface area (Å²) in [6, 6.07) is 15.0. The zero-order valence-electron chi connectivity index (χ0n) is 15.3. The number of furan rings is 1. The average molecular weight is 351 g/mol. The van der Waals surface area contributed by atoms with Gasteiger partial charge in [0, 0.05) is 28.1 Å². The molecule has 0 saturated heterocycles. The normalized spacial score (nSPS) is 20.9. The number of para-hydroxylation sites is 1. The zero-order chi connectivity index (χ0) is 18.0. The van der Waals surface area contributed by atoms with Crippen molar-refractivity contribution in [1.82, 2.24) is 4.98 Å². The van der Waals surface area contributed by atoms with Gasteiger partial charge in [-0.05, 0) is 59.7 Å². The Morgan fingerprint density at radius 2 is 1.89 bits per heavy atom. The highest BCUT2D eigenvalue weighted by molar-refractivity contribution is 6.05. The van der Waals surface area contributed by atoms with Gasteiger partial charge < -0.3 is 9.40 Å². The number of aromatic nitrogens is 1. The molecule has 6 rings (SSSR count). The van der Waals surface area contributed by atoms with Gasteiger partial charge >= 0.3 is 0 Å². The summed E-state index contributed by atoms with van der Waals surface area (Å²) in [4.78, 5) is 3.65. The van der Waals surface area contributed by atoms with E-state index < -0.39 is 0 Å². The van der Waals surface area contributed by atoms with Crippen LogP contribution in [0.15, 0.2) is 59.0 Å². The molecule has 1 N–H and O–H groups in total. The fourth-order valence-corrected chi connectivity index (χ4v) is 4.94. The second-order valence-electron chi connectivity index (χ2n) is 7.81. The van der Waals surface area contributed by atoms with E-state index in [-0.39, 0.29) is 0 Å². The van der Waals surface area contributed by atoms with Crippen molar-refractivity contribution in [3.05, 3.63) is 82.7 Å². The highest BCUT2D eigenvalue weighted by atomic mass is 16.3. The van der Waals surface area contributed by atoms with E-state index >= 15 is 0 Å². The van der Waals surface area contributed by atoms with Gasteiger partial charge in [-0.25, -0.2) is 0 Å². The summed E-state index contributed by atoms with van der Waals surface area (Å²) in [6.45, 7) is 2.36. The molecule has 2 aliphatic carbocycles. The summed E-state index contributed by atoms with van der Waals surface area (Å²) in [5.41, 5.74) is 8.89. The summed E-state index contributed by atoms with van der Waals surface area (Å²) >= 11 is 0. The summed E-state index contributed by atoms with van der Waals surface area (Å²) in [6.07, 6.45) is 11.5. The van der Waals surface area contributed by atoms with Crippen LogP contribution in [0, 0.1) is 0 Å². The standard InChI is InChI=1S/C25H21NO/c1-15-17(11-12-22-25(15)19-7-2-4-8-21(19)26-22)16-10-13-24-20(14-16)18-6-3-5-9-23(18)27-24/h2-3,5-7,9-15,17,26H,4,8H2,1H3. The van der Waals surface area contributed by atoms with Crippen LogP contribution in [-0.4, -0.2) is 4.98 Å². The minimum absolute atomic E-state index is 0.380. The molecule has 0 spiro atoms. The average Bonchev–Trinajstić information content (AvgIpc) is 3.26. The number of fused-ring (bicyclic) bond motifs is 6. The third-order valence-corrected chi connectivity index (χ3v) is 6.29. The summed E-state index contributed by atoms with van der Waals surface area (Å²) < 4.78 is 6.01. The molecule has 0 bridgehead atoms. The van der Waals surface area contributed by atoms with Crippen molar-refractivity contribution in [2.24, 2.45) is 0 Å². The molecule has 2 unspecified atom stereocenters. The molecule has 2 atom stereocenters. The van der Waals surface area contributed by atoms with Crippen LogP contribution in [-0.2, 0) is 6.42 Å². The molecule has 0 aliphatic heterocycles. The van der Waals surface area contributed by atoms with Crippen molar-refractivity contribution in [2.75, 3.05) is 0 Å². The number of rotatable bonds is 1. The van der Waals surface area contributed by atoms with E-state index in [1.807, 2.05) is 12.1 Å². The minimum atomic E-state index is 0.380. The molecule has 2 aliphatic rings. The van der Waals surface area contributed by atoms with Crippen LogP contribution in [0.2, 0.25) is 0 Å². The van der Waals surface area contributed by atoms with E-state index in [0.717, 1.165) is 24.0 Å². The predicted octanol–water partition coefficient (Wildman–Crippen LogP) is 6.79. The van der Waals surface area contributed by atoms with Crippen molar-refractivity contribution in [3.63, 3.8) is 0 Å². The number of benzene rings is 2. The third-order valence-electron chi connectivity index (χ3n) is 6.29. The SMILES string of the molecule is CC1c2c([nH]c3c2C=CCC3)C=CC1c1ccc2oc3ccccc3c2c1. The lowest BCUT2D eigenvalue weighted by molar-refractivity contribution is 0.662. The van der Waals surface area contributed by atoms with Crippen molar-refractivity contribution < 1.29 is 4.42 Å². The van der Waals surface area contributed by atoms with Crippen LogP contribution in [0.1, 0.15) is 53.3 Å². The first-order chi connectivity index (χ1) is 13.3. The Kier molecular flexibility index (Phi) is 3.07. The highest BCUT2D eigenvalue weighted by Gasteiger charge is 2.29. The van der Waals surface area contributed by atoms with Gasteiger partial charge in [0.1, 0.15) is 11.2 Å². The number of aromatic amines is 1. The Hall–Kier alpha value is -3.00. The maximum absolute atomic E-state index is 6.01. The van der Waals surface area contributed by atoms with E-state index in [1.54, 1.807) is 0 Å². The molecule has 2 heterocycles. The van der Waals surface area contributed by atoms with Gasteiger partial charge in [0.25, 0.3) is 0 Å². The number of allylic oxidation sites excluding steroid dienone is 2. The fraction of sp³-hybridized carbons (Fsp3) is 0.200. The lowest BCUT2D eigenvalue weighted by Crippen LogP contribution is -2.11. The molecule has 27 heavy (non-hydrogen) atoms. The van der Waals surface area contributed by atoms with E-state index in [4.69, 9.17) is 4.42 Å². The van der Waals surface area contributed by atoms with E-state index in [9.17, 15) is 0 Å². The zero-order valence-corrected chi connectivity index (χ0v) is 15.3. The molecule has 2 nitrogen and oxygen atoms in total. The summed E-state index contributed by atoms with van der Waals surface area (Å²) in [5, 5.41) is 2.41. The van der Waals surface area contributed by atoms with Crippen molar-refractivity contribution in [1.29, 1.82) is 0 Å². The van der Waals surface area contributed by atoms with E-state index in [0.29, 0.717) is 11.8 Å². The van der Waals surface area contributed by atoms with Gasteiger partial charge in [0.15, 0.2) is 0 Å². The Labute approximate surface area is 158 Å². The summed E-state index contributed by atoms with van der Waals surface area (Å²) in [5.74, 6) is 0.828. The highest BCUT2D eigenvalue weighted by Crippen LogP contribution is 2.44. The Morgan fingerprint density at radius 1 is 1.00 bits per heavy atom. The lowest BCUT2D eigenvalue weighted by atomic mass is 9.77. The van der Waals surface area contributed by atoms with Gasteiger partial charge in [0.05, 0.1) is 0 Å². The lowest BCUT2D eigenvalue weighted by Gasteiger charge is -2.26. The number of nitrogens with one attached hydrogen (secondary N) is 1. The maximum Gasteiger partial charge on any atom is 0.135 e. The molecule has 0 fully saturated rings. The molecular weight excluding hydrogens is 330 g/mol. The first kappa shape index (κ1) is 15.1.